The molecule has 1 aliphatic carbocycles. The third-order valence-corrected chi connectivity index (χ3v) is 7.44. The molecule has 2 heterocycles. The molecule has 0 bridgehead atoms. The van der Waals surface area contributed by atoms with Crippen molar-refractivity contribution in [3.8, 4) is 17.2 Å². The lowest BCUT2D eigenvalue weighted by atomic mass is 10.1. The number of nitrogens with one attached hydrogen (secondary N) is 2. The molecule has 0 radical (unpaired) electrons. The SMILES string of the molecule is O=C(NCC1CCCO1)c1cccc(Nc2c(Oc3ccc4c(c3)CCC4)cnn(-c3cccc(Cl)c3)c2=O)c1. The monoisotopic (exact) mass is 556 g/mol. The van der Waals surface area contributed by atoms with Gasteiger partial charge >= 0.3 is 0 Å². The highest BCUT2D eigenvalue weighted by molar-refractivity contribution is 6.30. The number of fused-ring (bicyclic) bond motifs is 1. The van der Waals surface area contributed by atoms with Crippen molar-refractivity contribution in [2.24, 2.45) is 0 Å². The van der Waals surface area contributed by atoms with E-state index in [-0.39, 0.29) is 23.4 Å². The quantitative estimate of drug-likeness (QED) is 0.284. The fraction of sp³-hybridized carbons (Fsp3) is 0.258. The van der Waals surface area contributed by atoms with E-state index in [4.69, 9.17) is 21.1 Å². The lowest BCUT2D eigenvalue weighted by Gasteiger charge is -2.16. The van der Waals surface area contributed by atoms with Crippen LogP contribution < -0.4 is 20.9 Å². The molecule has 1 fully saturated rings. The van der Waals surface area contributed by atoms with Gasteiger partial charge in [-0.05, 0) is 91.8 Å². The Morgan fingerprint density at radius 2 is 1.93 bits per heavy atom. The number of amides is 1. The average molecular weight is 557 g/mol. The van der Waals surface area contributed by atoms with E-state index in [1.54, 1.807) is 48.5 Å². The smallest absolute Gasteiger partial charge is 0.299 e. The zero-order chi connectivity index (χ0) is 27.5. The number of anilines is 2. The van der Waals surface area contributed by atoms with Gasteiger partial charge in [0.15, 0.2) is 11.4 Å². The van der Waals surface area contributed by atoms with Gasteiger partial charge in [-0.3, -0.25) is 9.59 Å². The first-order chi connectivity index (χ1) is 19.5. The third-order valence-electron chi connectivity index (χ3n) is 7.20. The fourth-order valence-corrected chi connectivity index (χ4v) is 5.34. The highest BCUT2D eigenvalue weighted by Crippen LogP contribution is 2.32. The molecular weight excluding hydrogens is 528 g/mol. The van der Waals surface area contributed by atoms with Crippen LogP contribution in [0.4, 0.5) is 11.4 Å². The first-order valence-electron chi connectivity index (χ1n) is 13.5. The van der Waals surface area contributed by atoms with Crippen LogP contribution in [0.15, 0.2) is 77.7 Å². The summed E-state index contributed by atoms with van der Waals surface area (Å²) in [7, 11) is 0. The Hall–Kier alpha value is -4.14. The second-order valence-electron chi connectivity index (χ2n) is 10.0. The second-order valence-corrected chi connectivity index (χ2v) is 10.5. The van der Waals surface area contributed by atoms with Gasteiger partial charge in [0.2, 0.25) is 0 Å². The van der Waals surface area contributed by atoms with Crippen molar-refractivity contribution in [1.29, 1.82) is 0 Å². The average Bonchev–Trinajstić information content (AvgIpc) is 3.66. The Balaban J connectivity index is 1.32. The molecule has 4 aromatic rings. The second kappa shape index (κ2) is 11.5. The molecule has 40 heavy (non-hydrogen) atoms. The van der Waals surface area contributed by atoms with Gasteiger partial charge in [-0.25, -0.2) is 0 Å². The molecule has 9 heteroatoms. The Bertz CT molecular complexity index is 1610. The van der Waals surface area contributed by atoms with Crippen LogP contribution >= 0.6 is 11.6 Å². The van der Waals surface area contributed by atoms with Gasteiger partial charge in [-0.1, -0.05) is 29.8 Å². The highest BCUT2D eigenvalue weighted by atomic mass is 35.5. The fourth-order valence-electron chi connectivity index (χ4n) is 5.16. The molecule has 1 unspecified atom stereocenters. The number of aryl methyl sites for hydroxylation is 2. The summed E-state index contributed by atoms with van der Waals surface area (Å²) >= 11 is 6.19. The molecule has 0 saturated carbocycles. The van der Waals surface area contributed by atoms with Crippen molar-refractivity contribution >= 4 is 28.9 Å². The maximum atomic E-state index is 13.8. The number of nitrogens with zero attached hydrogens (tertiary/aromatic N) is 2. The predicted molar refractivity (Wildman–Crippen MR) is 154 cm³/mol. The maximum Gasteiger partial charge on any atom is 0.299 e. The van der Waals surface area contributed by atoms with Gasteiger partial charge in [0, 0.05) is 29.4 Å². The van der Waals surface area contributed by atoms with E-state index in [0.29, 0.717) is 34.3 Å². The van der Waals surface area contributed by atoms with Crippen LogP contribution in [0.3, 0.4) is 0 Å². The normalized spacial score (nSPS) is 16.0. The van der Waals surface area contributed by atoms with Crippen molar-refractivity contribution in [2.75, 3.05) is 18.5 Å². The first-order valence-corrected chi connectivity index (χ1v) is 13.9. The van der Waals surface area contributed by atoms with E-state index in [9.17, 15) is 9.59 Å². The summed E-state index contributed by atoms with van der Waals surface area (Å²) < 4.78 is 13.1. The van der Waals surface area contributed by atoms with E-state index in [2.05, 4.69) is 21.8 Å². The van der Waals surface area contributed by atoms with Crippen molar-refractivity contribution in [1.82, 2.24) is 15.1 Å². The standard InChI is InChI=1S/C31H29ClN4O4/c32-23-8-3-10-25(17-23)36-31(38)29(28(19-34-36)40-26-13-12-20-5-1-6-21(20)16-26)35-24-9-2-7-22(15-24)30(37)33-18-27-11-4-14-39-27/h2-3,7-10,12-13,15-17,19,27,35H,1,4-6,11,14,18H2,(H,33,37). The van der Waals surface area contributed by atoms with Gasteiger partial charge in [0.1, 0.15) is 5.75 Å². The summed E-state index contributed by atoms with van der Waals surface area (Å²) in [6.45, 7) is 1.19. The molecule has 1 aliphatic heterocycles. The van der Waals surface area contributed by atoms with E-state index in [1.807, 2.05) is 12.1 Å². The van der Waals surface area contributed by atoms with Crippen molar-refractivity contribution in [3.63, 3.8) is 0 Å². The molecule has 2 aliphatic rings. The highest BCUT2D eigenvalue weighted by Gasteiger charge is 2.19. The van der Waals surface area contributed by atoms with Crippen LogP contribution in [0.1, 0.15) is 40.7 Å². The summed E-state index contributed by atoms with van der Waals surface area (Å²) in [6, 6.07) is 19.9. The molecule has 3 aromatic carbocycles. The Labute approximate surface area is 236 Å². The van der Waals surface area contributed by atoms with Crippen molar-refractivity contribution in [3.05, 3.63) is 105 Å². The van der Waals surface area contributed by atoms with Gasteiger partial charge in [0.05, 0.1) is 18.0 Å². The zero-order valence-corrected chi connectivity index (χ0v) is 22.6. The molecule has 1 atom stereocenters. The van der Waals surface area contributed by atoms with Crippen LogP contribution in [0.2, 0.25) is 5.02 Å². The van der Waals surface area contributed by atoms with Crippen molar-refractivity contribution < 1.29 is 14.3 Å². The van der Waals surface area contributed by atoms with Crippen molar-refractivity contribution in [2.45, 2.75) is 38.2 Å². The van der Waals surface area contributed by atoms with Crippen LogP contribution in [0.25, 0.3) is 5.69 Å². The Kier molecular flexibility index (Phi) is 7.53. The van der Waals surface area contributed by atoms with Crippen LogP contribution in [-0.2, 0) is 17.6 Å². The summed E-state index contributed by atoms with van der Waals surface area (Å²) in [5.41, 5.74) is 3.90. The van der Waals surface area contributed by atoms with Crippen LogP contribution in [0, 0.1) is 0 Å². The first kappa shape index (κ1) is 26.1. The number of halogens is 1. The van der Waals surface area contributed by atoms with Gasteiger partial charge in [-0.2, -0.15) is 9.78 Å². The molecule has 8 nitrogen and oxygen atoms in total. The number of hydrogen-bond donors (Lipinski definition) is 2. The number of rotatable bonds is 8. The van der Waals surface area contributed by atoms with E-state index < -0.39 is 5.56 Å². The summed E-state index contributed by atoms with van der Waals surface area (Å²) in [6.07, 6.45) is 6.71. The minimum atomic E-state index is -0.422. The topological polar surface area (TPSA) is 94.5 Å². The summed E-state index contributed by atoms with van der Waals surface area (Å²) in [4.78, 5) is 26.6. The number of carbonyl (C=O) groups is 1. The molecule has 1 saturated heterocycles. The van der Waals surface area contributed by atoms with E-state index in [0.717, 1.165) is 38.7 Å². The Morgan fingerprint density at radius 1 is 1.05 bits per heavy atom. The van der Waals surface area contributed by atoms with Crippen LogP contribution in [0.5, 0.6) is 11.5 Å². The summed E-state index contributed by atoms with van der Waals surface area (Å²) in [5.74, 6) is 0.696. The minimum absolute atomic E-state index is 0.0472. The van der Waals surface area contributed by atoms with E-state index in [1.165, 1.54) is 22.0 Å². The number of ether oxygens (including phenoxy) is 2. The molecule has 1 aromatic heterocycles. The zero-order valence-electron chi connectivity index (χ0n) is 21.9. The predicted octanol–water partition coefficient (Wildman–Crippen LogP) is 5.82. The molecular formula is C31H29ClN4O4. The molecule has 2 N–H and O–H groups in total. The minimum Gasteiger partial charge on any atom is -0.453 e. The molecule has 204 valence electrons. The number of benzene rings is 3. The van der Waals surface area contributed by atoms with Gasteiger partial charge in [0.25, 0.3) is 11.5 Å². The molecule has 6 rings (SSSR count). The number of aromatic nitrogens is 2. The van der Waals surface area contributed by atoms with E-state index >= 15 is 0 Å². The lowest BCUT2D eigenvalue weighted by molar-refractivity contribution is 0.0858. The van der Waals surface area contributed by atoms with Gasteiger partial charge in [-0.15, -0.1) is 0 Å². The maximum absolute atomic E-state index is 13.8. The largest absolute Gasteiger partial charge is 0.453 e. The number of carbonyl (C=O) groups excluding carboxylic acids is 1. The van der Waals surface area contributed by atoms with Crippen LogP contribution in [-0.4, -0.2) is 34.9 Å². The van der Waals surface area contributed by atoms with Gasteiger partial charge < -0.3 is 20.1 Å². The Morgan fingerprint density at radius 3 is 2.77 bits per heavy atom. The molecule has 1 amide bonds. The lowest BCUT2D eigenvalue weighted by Crippen LogP contribution is -2.31. The third kappa shape index (κ3) is 5.73. The number of hydrogen-bond acceptors (Lipinski definition) is 6. The molecule has 0 spiro atoms. The summed E-state index contributed by atoms with van der Waals surface area (Å²) in [5, 5.41) is 11.0.